The molecule has 1 aliphatic rings. The van der Waals surface area contributed by atoms with Crippen molar-refractivity contribution in [1.82, 2.24) is 4.90 Å². The molecule has 0 saturated carbocycles. The van der Waals surface area contributed by atoms with Gasteiger partial charge in [-0.05, 0) is 29.7 Å². The van der Waals surface area contributed by atoms with Crippen molar-refractivity contribution in [1.29, 1.82) is 0 Å². The van der Waals surface area contributed by atoms with Crippen LogP contribution in [-0.2, 0) is 10.3 Å². The largest absolute Gasteiger partial charge is 0.437 e. The van der Waals surface area contributed by atoms with E-state index in [4.69, 9.17) is 4.74 Å². The average Bonchev–Trinajstić information content (AvgIpc) is 2.72. The van der Waals surface area contributed by atoms with Gasteiger partial charge in [0.15, 0.2) is 0 Å². The summed E-state index contributed by atoms with van der Waals surface area (Å²) in [6, 6.07) is 15.9. The molecule has 1 aliphatic heterocycles. The summed E-state index contributed by atoms with van der Waals surface area (Å²) in [5, 5.41) is 0. The van der Waals surface area contributed by atoms with Gasteiger partial charge in [-0.2, -0.15) is 8.78 Å². The number of rotatable bonds is 8. The van der Waals surface area contributed by atoms with Crippen LogP contribution in [0.3, 0.4) is 0 Å². The number of cyclic esters (lactones) is 1. The molecule has 0 N–H and O–H groups in total. The Morgan fingerprint density at radius 1 is 1.21 bits per heavy atom. The standard InChI is InChI=1S/C23H25F2NO3/c1-3-14-23(18-8-6-5-7-9-18)15-16-26(22(27)29-23)20(4-2)17-10-12-19(13-11-17)28-21(24)25/h3,5-13,20-21H,1,4,14-16H2,2H3/t20-,23+/m0/s1. The van der Waals surface area contributed by atoms with Crippen molar-refractivity contribution in [3.63, 3.8) is 0 Å². The van der Waals surface area contributed by atoms with Gasteiger partial charge in [-0.3, -0.25) is 0 Å². The second-order valence-corrected chi connectivity index (χ2v) is 7.04. The van der Waals surface area contributed by atoms with Crippen molar-refractivity contribution in [2.45, 2.75) is 44.4 Å². The van der Waals surface area contributed by atoms with Crippen LogP contribution in [0.4, 0.5) is 13.6 Å². The van der Waals surface area contributed by atoms with Crippen LogP contribution in [0, 0.1) is 0 Å². The third kappa shape index (κ3) is 4.58. The summed E-state index contributed by atoms with van der Waals surface area (Å²) in [6.07, 6.45) is 3.23. The van der Waals surface area contributed by atoms with Crippen LogP contribution in [0.15, 0.2) is 67.3 Å². The number of halogens is 2. The SMILES string of the molecule is C=CC[C@]1(c2ccccc2)CCN([C@@H](CC)c2ccc(OC(F)F)cc2)C(=O)O1. The van der Waals surface area contributed by atoms with Crippen LogP contribution in [0.25, 0.3) is 0 Å². The van der Waals surface area contributed by atoms with Crippen LogP contribution >= 0.6 is 0 Å². The number of hydrogen-bond donors (Lipinski definition) is 0. The third-order valence-electron chi connectivity index (χ3n) is 5.30. The maximum Gasteiger partial charge on any atom is 0.411 e. The molecule has 0 bridgehead atoms. The minimum Gasteiger partial charge on any atom is -0.437 e. The average molecular weight is 401 g/mol. The molecule has 0 radical (unpaired) electrons. The lowest BCUT2D eigenvalue weighted by atomic mass is 9.85. The maximum absolute atomic E-state index is 13.0. The fourth-order valence-corrected chi connectivity index (χ4v) is 3.90. The Hall–Kier alpha value is -2.89. The van der Waals surface area contributed by atoms with Crippen LogP contribution in [-0.4, -0.2) is 24.1 Å². The van der Waals surface area contributed by atoms with E-state index in [-0.39, 0.29) is 17.9 Å². The van der Waals surface area contributed by atoms with Crippen molar-refractivity contribution in [3.05, 3.63) is 78.4 Å². The summed E-state index contributed by atoms with van der Waals surface area (Å²) >= 11 is 0. The lowest BCUT2D eigenvalue weighted by Gasteiger charge is -2.43. The minimum atomic E-state index is -2.86. The van der Waals surface area contributed by atoms with E-state index in [0.29, 0.717) is 25.8 Å². The smallest absolute Gasteiger partial charge is 0.411 e. The summed E-state index contributed by atoms with van der Waals surface area (Å²) in [5.41, 5.74) is 1.08. The zero-order chi connectivity index (χ0) is 20.9. The highest BCUT2D eigenvalue weighted by molar-refractivity contribution is 5.70. The number of hydrogen-bond acceptors (Lipinski definition) is 3. The number of benzene rings is 2. The second-order valence-electron chi connectivity index (χ2n) is 7.04. The van der Waals surface area contributed by atoms with E-state index < -0.39 is 12.2 Å². The summed E-state index contributed by atoms with van der Waals surface area (Å²) in [7, 11) is 0. The summed E-state index contributed by atoms with van der Waals surface area (Å²) in [5.74, 6) is 0.0916. The van der Waals surface area contributed by atoms with Crippen molar-refractivity contribution in [2.24, 2.45) is 0 Å². The molecule has 2 aromatic carbocycles. The first-order valence-corrected chi connectivity index (χ1v) is 9.70. The van der Waals surface area contributed by atoms with Gasteiger partial charge in [-0.1, -0.05) is 55.5 Å². The molecule has 1 fully saturated rings. The van der Waals surface area contributed by atoms with E-state index in [2.05, 4.69) is 11.3 Å². The molecule has 2 atom stereocenters. The number of nitrogens with zero attached hydrogens (tertiary/aromatic N) is 1. The van der Waals surface area contributed by atoms with Crippen LogP contribution in [0.5, 0.6) is 5.75 Å². The molecule has 3 rings (SSSR count). The van der Waals surface area contributed by atoms with Gasteiger partial charge in [0.25, 0.3) is 0 Å². The molecule has 4 nitrogen and oxygen atoms in total. The zero-order valence-electron chi connectivity index (χ0n) is 16.4. The van der Waals surface area contributed by atoms with E-state index in [9.17, 15) is 13.6 Å². The van der Waals surface area contributed by atoms with E-state index in [1.54, 1.807) is 23.1 Å². The van der Waals surface area contributed by atoms with E-state index in [1.807, 2.05) is 37.3 Å². The Morgan fingerprint density at radius 3 is 2.45 bits per heavy atom. The lowest BCUT2D eigenvalue weighted by molar-refractivity contribution is -0.0607. The number of carbonyl (C=O) groups is 1. The molecule has 0 unspecified atom stereocenters. The van der Waals surface area contributed by atoms with Gasteiger partial charge in [-0.25, -0.2) is 4.79 Å². The highest BCUT2D eigenvalue weighted by Gasteiger charge is 2.43. The maximum atomic E-state index is 13.0. The molecule has 1 saturated heterocycles. The van der Waals surface area contributed by atoms with Crippen molar-refractivity contribution in [2.75, 3.05) is 6.54 Å². The first kappa shape index (κ1) is 20.8. The van der Waals surface area contributed by atoms with Gasteiger partial charge in [0, 0.05) is 19.4 Å². The van der Waals surface area contributed by atoms with E-state index in [1.165, 1.54) is 12.1 Å². The predicted molar refractivity (Wildman–Crippen MR) is 107 cm³/mol. The Balaban J connectivity index is 1.79. The first-order valence-electron chi connectivity index (χ1n) is 9.70. The van der Waals surface area contributed by atoms with Crippen molar-refractivity contribution >= 4 is 6.09 Å². The van der Waals surface area contributed by atoms with Gasteiger partial charge < -0.3 is 14.4 Å². The van der Waals surface area contributed by atoms with E-state index >= 15 is 0 Å². The molecular formula is C23H25F2NO3. The zero-order valence-corrected chi connectivity index (χ0v) is 16.4. The van der Waals surface area contributed by atoms with Crippen LogP contribution in [0.2, 0.25) is 0 Å². The molecule has 1 amide bonds. The Morgan fingerprint density at radius 2 is 1.90 bits per heavy atom. The second kappa shape index (κ2) is 9.07. The topological polar surface area (TPSA) is 38.8 Å². The Labute approximate surface area is 169 Å². The number of alkyl halides is 2. The molecule has 6 heteroatoms. The highest BCUT2D eigenvalue weighted by atomic mass is 19.3. The molecule has 29 heavy (non-hydrogen) atoms. The monoisotopic (exact) mass is 401 g/mol. The molecule has 0 spiro atoms. The number of ether oxygens (including phenoxy) is 2. The third-order valence-corrected chi connectivity index (χ3v) is 5.30. The molecule has 2 aromatic rings. The quantitative estimate of drug-likeness (QED) is 0.505. The molecule has 154 valence electrons. The van der Waals surface area contributed by atoms with Crippen molar-refractivity contribution in [3.8, 4) is 5.75 Å². The Bertz CT molecular complexity index is 826. The van der Waals surface area contributed by atoms with Gasteiger partial charge in [0.2, 0.25) is 0 Å². The fraction of sp³-hybridized carbons (Fsp3) is 0.348. The van der Waals surface area contributed by atoms with Gasteiger partial charge >= 0.3 is 12.7 Å². The minimum absolute atomic E-state index is 0.0916. The molecule has 0 aliphatic carbocycles. The van der Waals surface area contributed by atoms with E-state index in [0.717, 1.165) is 11.1 Å². The Kier molecular flexibility index (Phi) is 6.52. The number of carbonyl (C=O) groups excluding carboxylic acids is 1. The summed E-state index contributed by atoms with van der Waals surface area (Å²) in [6.45, 7) is 3.46. The lowest BCUT2D eigenvalue weighted by Crippen LogP contribution is -2.49. The molecular weight excluding hydrogens is 376 g/mol. The normalized spacial score (nSPS) is 20.3. The fourth-order valence-electron chi connectivity index (χ4n) is 3.90. The first-order chi connectivity index (χ1) is 14.0. The highest BCUT2D eigenvalue weighted by Crippen LogP contribution is 2.40. The summed E-state index contributed by atoms with van der Waals surface area (Å²) < 4.78 is 35.1. The predicted octanol–water partition coefficient (Wildman–Crippen LogP) is 6.05. The summed E-state index contributed by atoms with van der Waals surface area (Å²) in [4.78, 5) is 14.7. The van der Waals surface area contributed by atoms with Crippen LogP contribution in [0.1, 0.15) is 43.4 Å². The number of amides is 1. The molecule has 1 heterocycles. The van der Waals surface area contributed by atoms with Crippen molar-refractivity contribution < 1.29 is 23.0 Å². The van der Waals surface area contributed by atoms with Crippen LogP contribution < -0.4 is 4.74 Å². The molecule has 0 aromatic heterocycles. The van der Waals surface area contributed by atoms with Gasteiger partial charge in [0.1, 0.15) is 11.4 Å². The van der Waals surface area contributed by atoms with Gasteiger partial charge in [0.05, 0.1) is 6.04 Å². The van der Waals surface area contributed by atoms with Gasteiger partial charge in [-0.15, -0.1) is 6.58 Å².